The zero-order chi connectivity index (χ0) is 20.4. The highest BCUT2D eigenvalue weighted by Crippen LogP contribution is 2.09. The molecule has 0 atom stereocenters. The minimum absolute atomic E-state index is 0.0676. The minimum Gasteiger partial charge on any atom is -0.357 e. The zero-order valence-corrected chi connectivity index (χ0v) is 17.3. The van der Waals surface area contributed by atoms with Gasteiger partial charge in [-0.2, -0.15) is 5.10 Å². The number of nitrogens with one attached hydrogen (secondary N) is 3. The van der Waals surface area contributed by atoms with E-state index >= 15 is 0 Å². The molecule has 1 heterocycles. The summed E-state index contributed by atoms with van der Waals surface area (Å²) in [5, 5.41) is 13.8. The van der Waals surface area contributed by atoms with Crippen molar-refractivity contribution < 1.29 is 4.79 Å². The number of rotatable bonds is 8. The van der Waals surface area contributed by atoms with Gasteiger partial charge in [0.05, 0.1) is 6.54 Å². The van der Waals surface area contributed by atoms with E-state index in [0.29, 0.717) is 12.1 Å². The summed E-state index contributed by atoms with van der Waals surface area (Å²) < 4.78 is 1.92. The summed E-state index contributed by atoms with van der Waals surface area (Å²) in [5.74, 6) is 0.703. The smallest absolute Gasteiger partial charge is 0.251 e. The van der Waals surface area contributed by atoms with Gasteiger partial charge >= 0.3 is 0 Å². The fourth-order valence-corrected chi connectivity index (χ4v) is 2.62. The summed E-state index contributed by atoms with van der Waals surface area (Å²) in [4.78, 5) is 17.0. The van der Waals surface area contributed by atoms with E-state index < -0.39 is 0 Å². The van der Waals surface area contributed by atoms with Crippen molar-refractivity contribution in [3.05, 3.63) is 53.9 Å². The summed E-state index contributed by atoms with van der Waals surface area (Å²) >= 11 is 0. The minimum atomic E-state index is -0.260. The first-order valence-electron chi connectivity index (χ1n) is 9.78. The van der Waals surface area contributed by atoms with Crippen LogP contribution in [0, 0.1) is 0 Å². The largest absolute Gasteiger partial charge is 0.357 e. The third-order valence-corrected chi connectivity index (χ3v) is 3.86. The molecule has 3 N–H and O–H groups in total. The van der Waals surface area contributed by atoms with E-state index in [1.165, 1.54) is 0 Å². The molecular formula is C21H32N6O. The highest BCUT2D eigenvalue weighted by atomic mass is 16.1. The van der Waals surface area contributed by atoms with Crippen molar-refractivity contribution in [3.8, 4) is 0 Å². The third kappa shape index (κ3) is 7.82. The van der Waals surface area contributed by atoms with Gasteiger partial charge in [0.15, 0.2) is 5.96 Å². The van der Waals surface area contributed by atoms with Crippen molar-refractivity contribution in [3.63, 3.8) is 0 Å². The second-order valence-corrected chi connectivity index (χ2v) is 7.65. The lowest BCUT2D eigenvalue weighted by molar-refractivity contribution is 0.0919. The quantitative estimate of drug-likeness (QED) is 0.371. The molecule has 2 aromatic rings. The van der Waals surface area contributed by atoms with Crippen molar-refractivity contribution in [1.29, 1.82) is 0 Å². The molecule has 7 heteroatoms. The molecular weight excluding hydrogens is 352 g/mol. The number of hydrogen-bond acceptors (Lipinski definition) is 3. The molecule has 7 nitrogen and oxygen atoms in total. The van der Waals surface area contributed by atoms with Crippen LogP contribution in [0.1, 0.15) is 50.0 Å². The molecule has 1 aromatic carbocycles. The number of guanidine groups is 1. The number of aliphatic imine (C=N–C) groups is 1. The third-order valence-electron chi connectivity index (χ3n) is 3.86. The lowest BCUT2D eigenvalue weighted by atomic mass is 10.1. The lowest BCUT2D eigenvalue weighted by Crippen LogP contribution is -2.40. The van der Waals surface area contributed by atoms with Crippen molar-refractivity contribution in [2.75, 3.05) is 13.1 Å². The standard InChI is InChI=1S/C21H32N6O/c1-5-22-20(23-11-7-13-27-14-8-12-25-27)24-16-17-9-6-10-18(15-17)19(28)26-21(2,3)4/h6,8-10,12,14-15H,5,7,11,13,16H2,1-4H3,(H,26,28)(H2,22,23,24). The van der Waals surface area contributed by atoms with Crippen LogP contribution in [0.25, 0.3) is 0 Å². The molecule has 1 aromatic heterocycles. The van der Waals surface area contributed by atoms with Crippen molar-refractivity contribution >= 4 is 11.9 Å². The van der Waals surface area contributed by atoms with E-state index in [-0.39, 0.29) is 11.4 Å². The Morgan fingerprint density at radius 1 is 1.21 bits per heavy atom. The SMILES string of the molecule is CCNC(=NCc1cccc(C(=O)NC(C)(C)C)c1)NCCCn1cccn1. The second-order valence-electron chi connectivity index (χ2n) is 7.65. The molecule has 0 aliphatic rings. The Bertz CT molecular complexity index is 761. The fourth-order valence-electron chi connectivity index (χ4n) is 2.62. The number of benzene rings is 1. The van der Waals surface area contributed by atoms with Gasteiger partial charge < -0.3 is 16.0 Å². The number of hydrogen-bond donors (Lipinski definition) is 3. The van der Waals surface area contributed by atoms with Crippen molar-refractivity contribution in [2.24, 2.45) is 4.99 Å². The Labute approximate surface area is 167 Å². The Morgan fingerprint density at radius 3 is 2.71 bits per heavy atom. The Balaban J connectivity index is 1.90. The van der Waals surface area contributed by atoms with Gasteiger partial charge in [0.2, 0.25) is 0 Å². The normalized spacial score (nSPS) is 11.9. The maximum absolute atomic E-state index is 12.3. The van der Waals surface area contributed by atoms with Crippen LogP contribution in [-0.4, -0.2) is 40.3 Å². The molecule has 0 saturated heterocycles. The van der Waals surface area contributed by atoms with Gasteiger partial charge in [-0.25, -0.2) is 4.99 Å². The summed E-state index contributed by atoms with van der Waals surface area (Å²) in [5.41, 5.74) is 1.39. The zero-order valence-electron chi connectivity index (χ0n) is 17.3. The van der Waals surface area contributed by atoms with Gasteiger partial charge in [-0.1, -0.05) is 12.1 Å². The number of amides is 1. The van der Waals surface area contributed by atoms with Crippen LogP contribution in [0.15, 0.2) is 47.7 Å². The Kier molecular flexibility index (Phi) is 8.04. The molecule has 0 spiro atoms. The average molecular weight is 385 g/mol. The number of carbonyl (C=O) groups is 1. The van der Waals surface area contributed by atoms with Crippen LogP contribution in [0.4, 0.5) is 0 Å². The molecule has 0 unspecified atom stereocenters. The van der Waals surface area contributed by atoms with Crippen LogP contribution in [0.2, 0.25) is 0 Å². The van der Waals surface area contributed by atoms with Crippen molar-refractivity contribution in [1.82, 2.24) is 25.7 Å². The summed E-state index contributed by atoms with van der Waals surface area (Å²) in [6.45, 7) is 10.9. The molecule has 0 aliphatic heterocycles. The Hall–Kier alpha value is -2.83. The van der Waals surface area contributed by atoms with Crippen LogP contribution in [-0.2, 0) is 13.1 Å². The number of aromatic nitrogens is 2. The highest BCUT2D eigenvalue weighted by Gasteiger charge is 2.15. The first-order valence-corrected chi connectivity index (χ1v) is 9.78. The second kappa shape index (κ2) is 10.5. The topological polar surface area (TPSA) is 83.3 Å². The van der Waals surface area contributed by atoms with E-state index in [0.717, 1.165) is 37.6 Å². The number of carbonyl (C=O) groups excluding carboxylic acids is 1. The summed E-state index contributed by atoms with van der Waals surface area (Å²) in [7, 11) is 0. The molecule has 2 rings (SSSR count). The predicted octanol–water partition coefficient (Wildman–Crippen LogP) is 2.56. The van der Waals surface area contributed by atoms with Crippen LogP contribution in [0.5, 0.6) is 0 Å². The molecule has 0 fully saturated rings. The van der Waals surface area contributed by atoms with Gasteiger partial charge in [-0.3, -0.25) is 9.48 Å². The van der Waals surface area contributed by atoms with E-state index in [1.54, 1.807) is 6.20 Å². The fraction of sp³-hybridized carbons (Fsp3) is 0.476. The van der Waals surface area contributed by atoms with Gasteiger partial charge in [-0.15, -0.1) is 0 Å². The van der Waals surface area contributed by atoms with E-state index in [1.807, 2.05) is 68.9 Å². The van der Waals surface area contributed by atoms with Crippen molar-refractivity contribution in [2.45, 2.75) is 52.7 Å². The maximum Gasteiger partial charge on any atom is 0.251 e. The number of nitrogens with zero attached hydrogens (tertiary/aromatic N) is 3. The predicted molar refractivity (Wildman–Crippen MR) is 113 cm³/mol. The Morgan fingerprint density at radius 2 is 2.04 bits per heavy atom. The van der Waals surface area contributed by atoms with Gasteiger partial charge in [0, 0.05) is 43.1 Å². The molecule has 1 amide bonds. The number of aryl methyl sites for hydroxylation is 1. The molecule has 152 valence electrons. The summed E-state index contributed by atoms with van der Waals surface area (Å²) in [6.07, 6.45) is 4.70. The monoisotopic (exact) mass is 384 g/mol. The van der Waals surface area contributed by atoms with E-state index in [4.69, 9.17) is 0 Å². The van der Waals surface area contributed by atoms with Crippen LogP contribution >= 0.6 is 0 Å². The van der Waals surface area contributed by atoms with E-state index in [9.17, 15) is 4.79 Å². The molecule has 0 bridgehead atoms. The molecule has 0 radical (unpaired) electrons. The van der Waals surface area contributed by atoms with Gasteiger partial charge in [-0.05, 0) is 57.9 Å². The van der Waals surface area contributed by atoms with Gasteiger partial charge in [0.25, 0.3) is 5.91 Å². The highest BCUT2D eigenvalue weighted by molar-refractivity contribution is 5.94. The maximum atomic E-state index is 12.3. The van der Waals surface area contributed by atoms with Gasteiger partial charge in [0.1, 0.15) is 0 Å². The average Bonchev–Trinajstić information content (AvgIpc) is 3.15. The molecule has 28 heavy (non-hydrogen) atoms. The van der Waals surface area contributed by atoms with Crippen LogP contribution < -0.4 is 16.0 Å². The molecule has 0 aliphatic carbocycles. The lowest BCUT2D eigenvalue weighted by Gasteiger charge is -2.20. The molecule has 0 saturated carbocycles. The summed E-state index contributed by atoms with van der Waals surface area (Å²) in [6, 6.07) is 9.53. The first-order chi connectivity index (χ1) is 13.4. The van der Waals surface area contributed by atoms with E-state index in [2.05, 4.69) is 26.0 Å². The first kappa shape index (κ1) is 21.5. The van der Waals surface area contributed by atoms with Crippen LogP contribution in [0.3, 0.4) is 0 Å².